The monoisotopic (exact) mass is 226 g/mol. The zero-order chi connectivity index (χ0) is 11.3. The Hall–Kier alpha value is -1.09. The van der Waals surface area contributed by atoms with Crippen LogP contribution >= 0.6 is 11.6 Å². The summed E-state index contributed by atoms with van der Waals surface area (Å²) in [7, 11) is 0. The fourth-order valence-corrected chi connectivity index (χ4v) is 1.48. The lowest BCUT2D eigenvalue weighted by atomic mass is 10.2. The van der Waals surface area contributed by atoms with Crippen molar-refractivity contribution in [2.75, 3.05) is 5.88 Å². The van der Waals surface area contributed by atoms with E-state index < -0.39 is 0 Å². The van der Waals surface area contributed by atoms with Gasteiger partial charge in [-0.25, -0.2) is 0 Å². The van der Waals surface area contributed by atoms with Gasteiger partial charge in [0.15, 0.2) is 0 Å². The Morgan fingerprint density at radius 2 is 2.33 bits per heavy atom. The van der Waals surface area contributed by atoms with Gasteiger partial charge in [-0.05, 0) is 25.5 Å². The van der Waals surface area contributed by atoms with Crippen LogP contribution < -0.4 is 0 Å². The zero-order valence-electron chi connectivity index (χ0n) is 8.98. The van der Waals surface area contributed by atoms with Gasteiger partial charge in [-0.3, -0.25) is 9.78 Å². The van der Waals surface area contributed by atoms with Gasteiger partial charge in [0.1, 0.15) is 5.88 Å². The van der Waals surface area contributed by atoms with Crippen LogP contribution in [0.25, 0.3) is 0 Å². The number of pyridine rings is 1. The standard InChI is InChI=1S/C11H15ClN2O/c1-9(2)14(11(15)6-12)8-10-4-3-5-13-7-10/h3-5,7,9H,6,8H2,1-2H3. The van der Waals surface area contributed by atoms with Crippen LogP contribution in [0, 0.1) is 0 Å². The zero-order valence-corrected chi connectivity index (χ0v) is 9.74. The Morgan fingerprint density at radius 3 is 2.80 bits per heavy atom. The van der Waals surface area contributed by atoms with Gasteiger partial charge in [0.2, 0.25) is 5.91 Å². The summed E-state index contributed by atoms with van der Waals surface area (Å²) < 4.78 is 0. The number of hydrogen-bond donors (Lipinski definition) is 0. The first-order valence-electron chi connectivity index (χ1n) is 4.89. The van der Waals surface area contributed by atoms with Gasteiger partial charge in [0.25, 0.3) is 0 Å². The lowest BCUT2D eigenvalue weighted by Gasteiger charge is -2.25. The predicted octanol–water partition coefficient (Wildman–Crippen LogP) is 2.06. The lowest BCUT2D eigenvalue weighted by Crippen LogP contribution is -2.37. The van der Waals surface area contributed by atoms with Crippen molar-refractivity contribution in [1.82, 2.24) is 9.88 Å². The lowest BCUT2D eigenvalue weighted by molar-refractivity contribution is -0.130. The van der Waals surface area contributed by atoms with E-state index in [1.165, 1.54) is 0 Å². The highest BCUT2D eigenvalue weighted by Gasteiger charge is 2.15. The second-order valence-electron chi connectivity index (χ2n) is 3.61. The fourth-order valence-electron chi connectivity index (χ4n) is 1.32. The molecule has 0 aliphatic carbocycles. The van der Waals surface area contributed by atoms with Crippen molar-refractivity contribution in [1.29, 1.82) is 0 Å². The average molecular weight is 227 g/mol. The van der Waals surface area contributed by atoms with Crippen molar-refractivity contribution in [3.63, 3.8) is 0 Å². The number of hydrogen-bond acceptors (Lipinski definition) is 2. The van der Waals surface area contributed by atoms with Crippen molar-refractivity contribution in [3.05, 3.63) is 30.1 Å². The van der Waals surface area contributed by atoms with Gasteiger partial charge in [-0.15, -0.1) is 11.6 Å². The molecule has 0 bridgehead atoms. The summed E-state index contributed by atoms with van der Waals surface area (Å²) in [5.74, 6) is -0.0196. The topological polar surface area (TPSA) is 33.2 Å². The molecule has 0 aliphatic rings. The second kappa shape index (κ2) is 5.71. The number of carbonyl (C=O) groups is 1. The molecule has 0 unspecified atom stereocenters. The molecule has 1 rings (SSSR count). The Labute approximate surface area is 95.1 Å². The number of halogens is 1. The minimum atomic E-state index is -0.0458. The maximum Gasteiger partial charge on any atom is 0.238 e. The Kier molecular flexibility index (Phi) is 4.56. The van der Waals surface area contributed by atoms with Gasteiger partial charge in [-0.2, -0.15) is 0 Å². The molecule has 0 aliphatic heterocycles. The maximum atomic E-state index is 11.5. The molecule has 0 saturated heterocycles. The highest BCUT2D eigenvalue weighted by Crippen LogP contribution is 2.08. The van der Waals surface area contributed by atoms with Gasteiger partial charge in [0, 0.05) is 25.0 Å². The van der Waals surface area contributed by atoms with Crippen LogP contribution in [-0.4, -0.2) is 27.7 Å². The third-order valence-electron chi connectivity index (χ3n) is 2.13. The summed E-state index contributed by atoms with van der Waals surface area (Å²) in [6.07, 6.45) is 3.48. The molecule has 0 aromatic carbocycles. The molecule has 1 heterocycles. The Morgan fingerprint density at radius 1 is 1.60 bits per heavy atom. The smallest absolute Gasteiger partial charge is 0.238 e. The second-order valence-corrected chi connectivity index (χ2v) is 3.88. The molecule has 1 aromatic heterocycles. The van der Waals surface area contributed by atoms with E-state index in [-0.39, 0.29) is 17.8 Å². The van der Waals surface area contributed by atoms with Crippen molar-refractivity contribution < 1.29 is 4.79 Å². The van der Waals surface area contributed by atoms with Crippen LogP contribution in [0.1, 0.15) is 19.4 Å². The molecule has 0 radical (unpaired) electrons. The van der Waals surface area contributed by atoms with Gasteiger partial charge >= 0.3 is 0 Å². The molecule has 82 valence electrons. The van der Waals surface area contributed by atoms with Crippen LogP contribution in [0.15, 0.2) is 24.5 Å². The Bertz CT molecular complexity index is 314. The van der Waals surface area contributed by atoms with Gasteiger partial charge in [-0.1, -0.05) is 6.07 Å². The molecule has 4 heteroatoms. The molecule has 1 amide bonds. The predicted molar refractivity (Wildman–Crippen MR) is 60.6 cm³/mol. The van der Waals surface area contributed by atoms with Crippen LogP contribution in [0.5, 0.6) is 0 Å². The minimum absolute atomic E-state index is 0.0262. The average Bonchev–Trinajstić information content (AvgIpc) is 2.26. The van der Waals surface area contributed by atoms with Crippen LogP contribution in [0.2, 0.25) is 0 Å². The van der Waals surface area contributed by atoms with E-state index in [1.807, 2.05) is 26.0 Å². The van der Waals surface area contributed by atoms with E-state index in [0.717, 1.165) is 5.56 Å². The number of nitrogens with zero attached hydrogens (tertiary/aromatic N) is 2. The summed E-state index contributed by atoms with van der Waals surface area (Å²) in [6, 6.07) is 3.96. The number of carbonyl (C=O) groups excluding carboxylic acids is 1. The summed E-state index contributed by atoms with van der Waals surface area (Å²) in [6.45, 7) is 4.51. The van der Waals surface area contributed by atoms with E-state index in [4.69, 9.17) is 11.6 Å². The maximum absolute atomic E-state index is 11.5. The molecule has 0 N–H and O–H groups in total. The molecule has 0 atom stereocenters. The molecule has 0 saturated carbocycles. The summed E-state index contributed by atoms with van der Waals surface area (Å²) in [4.78, 5) is 17.3. The molecule has 0 fully saturated rings. The fraction of sp³-hybridized carbons (Fsp3) is 0.455. The summed E-state index contributed by atoms with van der Waals surface area (Å²) in [5, 5.41) is 0. The molecule has 0 spiro atoms. The first-order valence-corrected chi connectivity index (χ1v) is 5.43. The molecule has 15 heavy (non-hydrogen) atoms. The molecular formula is C11H15ClN2O. The summed E-state index contributed by atoms with van der Waals surface area (Å²) >= 11 is 5.55. The van der Waals surface area contributed by atoms with Crippen molar-refractivity contribution in [2.24, 2.45) is 0 Å². The SMILES string of the molecule is CC(C)N(Cc1cccnc1)C(=O)CCl. The molecule has 1 aromatic rings. The quantitative estimate of drug-likeness (QED) is 0.737. The van der Waals surface area contributed by atoms with Crippen molar-refractivity contribution >= 4 is 17.5 Å². The highest BCUT2D eigenvalue weighted by atomic mass is 35.5. The van der Waals surface area contributed by atoms with Crippen molar-refractivity contribution in [2.45, 2.75) is 26.4 Å². The highest BCUT2D eigenvalue weighted by molar-refractivity contribution is 6.27. The number of amides is 1. The number of alkyl halides is 1. The van der Waals surface area contributed by atoms with Crippen molar-refractivity contribution in [3.8, 4) is 0 Å². The minimum Gasteiger partial charge on any atom is -0.335 e. The number of aromatic nitrogens is 1. The molecular weight excluding hydrogens is 212 g/mol. The van der Waals surface area contributed by atoms with E-state index in [0.29, 0.717) is 6.54 Å². The van der Waals surface area contributed by atoms with E-state index in [2.05, 4.69) is 4.98 Å². The summed E-state index contributed by atoms with van der Waals surface area (Å²) in [5.41, 5.74) is 1.02. The van der Waals surface area contributed by atoms with Gasteiger partial charge in [0.05, 0.1) is 0 Å². The first kappa shape index (κ1) is 12.0. The van der Waals surface area contributed by atoms with Crippen LogP contribution in [0.4, 0.5) is 0 Å². The van der Waals surface area contributed by atoms with Crippen LogP contribution in [0.3, 0.4) is 0 Å². The van der Waals surface area contributed by atoms with E-state index in [9.17, 15) is 4.79 Å². The van der Waals surface area contributed by atoms with Gasteiger partial charge < -0.3 is 4.90 Å². The number of rotatable bonds is 4. The Balaban J connectivity index is 2.72. The third kappa shape index (κ3) is 3.51. The van der Waals surface area contributed by atoms with Crippen LogP contribution in [-0.2, 0) is 11.3 Å². The van der Waals surface area contributed by atoms with E-state index >= 15 is 0 Å². The van der Waals surface area contributed by atoms with E-state index in [1.54, 1.807) is 17.3 Å². The normalized spacial score (nSPS) is 10.4. The third-order valence-corrected chi connectivity index (χ3v) is 2.36. The molecule has 3 nitrogen and oxygen atoms in total. The first-order chi connectivity index (χ1) is 7.15. The largest absolute Gasteiger partial charge is 0.335 e.